The second-order valence-electron chi connectivity index (χ2n) is 9.91. The first-order valence-electron chi connectivity index (χ1n) is 13.3. The molecular formula is C32H33NO8. The summed E-state index contributed by atoms with van der Waals surface area (Å²) in [7, 11) is 6.20. The average molecular weight is 560 g/mol. The van der Waals surface area contributed by atoms with Crippen LogP contribution in [0.15, 0.2) is 81.8 Å². The number of benzene rings is 2. The van der Waals surface area contributed by atoms with Gasteiger partial charge >= 0.3 is 5.97 Å². The Kier molecular flexibility index (Phi) is 8.05. The third kappa shape index (κ3) is 5.39. The van der Waals surface area contributed by atoms with Crippen molar-refractivity contribution < 1.29 is 37.7 Å². The summed E-state index contributed by atoms with van der Waals surface area (Å²) in [5.41, 5.74) is 3.57. The Morgan fingerprint density at radius 2 is 1.63 bits per heavy atom. The third-order valence-electron chi connectivity index (χ3n) is 7.57. The number of methoxy groups -OCH3 is 4. The van der Waals surface area contributed by atoms with Crippen LogP contribution in [0.2, 0.25) is 0 Å². The molecule has 5 rings (SSSR count). The smallest absolute Gasteiger partial charge is 0.337 e. The molecule has 0 amide bonds. The first-order valence-corrected chi connectivity index (χ1v) is 13.3. The lowest BCUT2D eigenvalue weighted by Crippen LogP contribution is -2.36. The van der Waals surface area contributed by atoms with Crippen LogP contribution >= 0.6 is 0 Å². The normalized spacial score (nSPS) is 18.4. The standard InChI is InChI=1S/C32H33NO8/c1-18-29(32(35)41-17-19-8-10-21(36-2)11-9-19)30(22-15-27(38-4)28(39-5)16-26(22)37-3)31-23(33-18)13-20(14-24(31)34)25-7-6-12-40-25/h6-12,15-16,20,30,33H,13-14,17H2,1-5H3/t20-,30+/m1/s1. The Morgan fingerprint density at radius 1 is 0.927 bits per heavy atom. The number of dihydropyridines is 1. The number of hydrogen-bond donors (Lipinski definition) is 1. The van der Waals surface area contributed by atoms with Gasteiger partial charge in [0.05, 0.1) is 46.2 Å². The summed E-state index contributed by atoms with van der Waals surface area (Å²) >= 11 is 0. The van der Waals surface area contributed by atoms with Crippen molar-refractivity contribution >= 4 is 11.8 Å². The third-order valence-corrected chi connectivity index (χ3v) is 7.57. The van der Waals surface area contributed by atoms with E-state index in [4.69, 9.17) is 28.1 Å². The summed E-state index contributed by atoms with van der Waals surface area (Å²) in [6.45, 7) is 1.87. The molecule has 1 aliphatic carbocycles. The zero-order valence-electron chi connectivity index (χ0n) is 23.7. The average Bonchev–Trinajstić information content (AvgIpc) is 3.54. The highest BCUT2D eigenvalue weighted by Gasteiger charge is 2.43. The van der Waals surface area contributed by atoms with Crippen molar-refractivity contribution in [1.29, 1.82) is 0 Å². The van der Waals surface area contributed by atoms with Crippen molar-refractivity contribution in [3.8, 4) is 23.0 Å². The van der Waals surface area contributed by atoms with Crippen molar-refractivity contribution in [2.24, 2.45) is 0 Å². The fourth-order valence-corrected chi connectivity index (χ4v) is 5.57. The Labute approximate surface area is 238 Å². The molecule has 0 unspecified atom stereocenters. The van der Waals surface area contributed by atoms with E-state index in [1.165, 1.54) is 21.3 Å². The predicted octanol–water partition coefficient (Wildman–Crippen LogP) is 5.42. The lowest BCUT2D eigenvalue weighted by atomic mass is 9.72. The minimum atomic E-state index is -0.755. The topological polar surface area (TPSA) is 105 Å². The molecule has 0 bridgehead atoms. The van der Waals surface area contributed by atoms with E-state index in [9.17, 15) is 9.59 Å². The number of allylic oxidation sites excluding steroid dienone is 3. The molecule has 1 aromatic heterocycles. The molecule has 2 aliphatic rings. The summed E-state index contributed by atoms with van der Waals surface area (Å²) in [5.74, 6) is 1.32. The summed E-state index contributed by atoms with van der Waals surface area (Å²) in [4.78, 5) is 27.7. The Morgan fingerprint density at radius 3 is 2.27 bits per heavy atom. The summed E-state index contributed by atoms with van der Waals surface area (Å²) in [6.07, 6.45) is 2.40. The van der Waals surface area contributed by atoms with Crippen LogP contribution < -0.4 is 24.3 Å². The Bertz CT molecular complexity index is 1500. The van der Waals surface area contributed by atoms with Crippen LogP contribution in [-0.2, 0) is 20.9 Å². The maximum atomic E-state index is 13.9. The van der Waals surface area contributed by atoms with E-state index in [-0.39, 0.29) is 24.7 Å². The quantitative estimate of drug-likeness (QED) is 0.344. The van der Waals surface area contributed by atoms with Crippen molar-refractivity contribution in [3.05, 3.63) is 94.2 Å². The predicted molar refractivity (Wildman–Crippen MR) is 150 cm³/mol. The summed E-state index contributed by atoms with van der Waals surface area (Å²) < 4.78 is 33.5. The van der Waals surface area contributed by atoms with Gasteiger partial charge < -0.3 is 33.4 Å². The van der Waals surface area contributed by atoms with Gasteiger partial charge in [-0.25, -0.2) is 4.79 Å². The van der Waals surface area contributed by atoms with Crippen molar-refractivity contribution in [2.45, 2.75) is 38.2 Å². The van der Waals surface area contributed by atoms with Gasteiger partial charge in [0.15, 0.2) is 17.3 Å². The van der Waals surface area contributed by atoms with Gasteiger partial charge in [0.2, 0.25) is 0 Å². The molecule has 2 aromatic carbocycles. The largest absolute Gasteiger partial charge is 0.497 e. The van der Waals surface area contributed by atoms with Gasteiger partial charge in [-0.15, -0.1) is 0 Å². The van der Waals surface area contributed by atoms with Crippen molar-refractivity contribution in [2.75, 3.05) is 28.4 Å². The van der Waals surface area contributed by atoms with E-state index in [1.807, 2.05) is 31.2 Å². The summed E-state index contributed by atoms with van der Waals surface area (Å²) in [5, 5.41) is 3.36. The zero-order chi connectivity index (χ0) is 29.1. The van der Waals surface area contributed by atoms with Gasteiger partial charge in [-0.1, -0.05) is 12.1 Å². The number of ether oxygens (including phenoxy) is 5. The van der Waals surface area contributed by atoms with Gasteiger partial charge in [0.25, 0.3) is 0 Å². The van der Waals surface area contributed by atoms with Crippen LogP contribution in [0.25, 0.3) is 0 Å². The minimum absolute atomic E-state index is 0.0514. The molecule has 3 aromatic rings. The number of carbonyl (C=O) groups is 2. The molecule has 41 heavy (non-hydrogen) atoms. The Balaban J connectivity index is 1.58. The van der Waals surface area contributed by atoms with Crippen LogP contribution in [0, 0.1) is 0 Å². The van der Waals surface area contributed by atoms with Crippen LogP contribution in [0.4, 0.5) is 0 Å². The number of nitrogens with one attached hydrogen (secondary N) is 1. The van der Waals surface area contributed by atoms with Crippen LogP contribution in [0.3, 0.4) is 0 Å². The van der Waals surface area contributed by atoms with Crippen LogP contribution in [0.5, 0.6) is 23.0 Å². The molecule has 0 spiro atoms. The molecule has 9 heteroatoms. The van der Waals surface area contributed by atoms with E-state index in [0.717, 1.165) is 17.0 Å². The first kappa shape index (κ1) is 27.9. The molecule has 1 N–H and O–H groups in total. The molecule has 2 atom stereocenters. The second kappa shape index (κ2) is 11.8. The number of hydrogen-bond acceptors (Lipinski definition) is 9. The second-order valence-corrected chi connectivity index (χ2v) is 9.91. The monoisotopic (exact) mass is 559 g/mol. The molecule has 0 saturated heterocycles. The number of Topliss-reactive ketones (excluding diaryl/α,β-unsaturated/α-hetero) is 1. The highest BCUT2D eigenvalue weighted by molar-refractivity contribution is 6.04. The highest BCUT2D eigenvalue weighted by Crippen LogP contribution is 2.50. The Hall–Kier alpha value is -4.66. The molecule has 9 nitrogen and oxygen atoms in total. The lowest BCUT2D eigenvalue weighted by Gasteiger charge is -2.36. The molecule has 0 fully saturated rings. The fraction of sp³-hybridized carbons (Fsp3) is 0.312. The number of esters is 1. The van der Waals surface area contributed by atoms with E-state index < -0.39 is 11.9 Å². The summed E-state index contributed by atoms with van der Waals surface area (Å²) in [6, 6.07) is 14.4. The van der Waals surface area contributed by atoms with Crippen LogP contribution in [0.1, 0.15) is 48.5 Å². The SMILES string of the molecule is COc1ccc(COC(=O)C2=C(C)NC3=C(C(=O)C[C@H](c4ccco4)C3)[C@H]2c2cc(OC)c(OC)cc2OC)cc1. The van der Waals surface area contributed by atoms with Gasteiger partial charge in [0.1, 0.15) is 23.9 Å². The molecule has 0 radical (unpaired) electrons. The molecule has 214 valence electrons. The molecular weight excluding hydrogens is 526 g/mol. The van der Waals surface area contributed by atoms with E-state index in [2.05, 4.69) is 5.32 Å². The van der Waals surface area contributed by atoms with Crippen LogP contribution in [-0.4, -0.2) is 40.2 Å². The first-order chi connectivity index (χ1) is 19.9. The van der Waals surface area contributed by atoms with Gasteiger partial charge in [-0.05, 0) is 49.2 Å². The minimum Gasteiger partial charge on any atom is -0.497 e. The molecule has 0 saturated carbocycles. The zero-order valence-corrected chi connectivity index (χ0v) is 23.7. The molecule has 1 aliphatic heterocycles. The van der Waals surface area contributed by atoms with E-state index >= 15 is 0 Å². The number of rotatable bonds is 9. The maximum Gasteiger partial charge on any atom is 0.337 e. The number of furan rings is 1. The highest BCUT2D eigenvalue weighted by atomic mass is 16.5. The number of ketones is 1. The van der Waals surface area contributed by atoms with Crippen molar-refractivity contribution in [3.63, 3.8) is 0 Å². The maximum absolute atomic E-state index is 13.9. The lowest BCUT2D eigenvalue weighted by molar-refractivity contribution is -0.140. The number of carbonyl (C=O) groups excluding carboxylic acids is 2. The van der Waals surface area contributed by atoms with E-state index in [0.29, 0.717) is 51.8 Å². The fourth-order valence-electron chi connectivity index (χ4n) is 5.57. The van der Waals surface area contributed by atoms with Crippen molar-refractivity contribution in [1.82, 2.24) is 5.32 Å². The van der Waals surface area contributed by atoms with Gasteiger partial charge in [0, 0.05) is 40.9 Å². The van der Waals surface area contributed by atoms with Gasteiger partial charge in [-0.3, -0.25) is 4.79 Å². The molecule has 2 heterocycles. The van der Waals surface area contributed by atoms with E-state index in [1.54, 1.807) is 37.6 Å². The van der Waals surface area contributed by atoms with Gasteiger partial charge in [-0.2, -0.15) is 0 Å².